The minimum absolute atomic E-state index is 0.812. The highest BCUT2D eigenvalue weighted by atomic mass is 15.3. The SMILES string of the molecule is CCN(c1ccccc1)c1cc(N2CCN(c3ccccc3)CC2)nc(C)n1. The van der Waals surface area contributed by atoms with Crippen molar-refractivity contribution in [2.24, 2.45) is 0 Å². The molecule has 0 spiro atoms. The molecule has 1 saturated heterocycles. The van der Waals surface area contributed by atoms with E-state index in [0.717, 1.165) is 55.9 Å². The van der Waals surface area contributed by atoms with Crippen LogP contribution < -0.4 is 14.7 Å². The van der Waals surface area contributed by atoms with E-state index in [-0.39, 0.29) is 0 Å². The number of anilines is 4. The van der Waals surface area contributed by atoms with E-state index in [4.69, 9.17) is 9.97 Å². The third-order valence-corrected chi connectivity index (χ3v) is 5.20. The number of nitrogens with zero attached hydrogens (tertiary/aromatic N) is 5. The molecule has 2 heterocycles. The number of hydrogen-bond acceptors (Lipinski definition) is 5. The summed E-state index contributed by atoms with van der Waals surface area (Å²) in [5.74, 6) is 2.79. The molecule has 2 aromatic carbocycles. The Bertz CT molecular complexity index is 889. The van der Waals surface area contributed by atoms with E-state index in [2.05, 4.69) is 82.3 Å². The second kappa shape index (κ2) is 8.30. The second-order valence-electron chi connectivity index (χ2n) is 7.02. The van der Waals surface area contributed by atoms with Gasteiger partial charge in [-0.2, -0.15) is 0 Å². The largest absolute Gasteiger partial charge is 0.368 e. The number of aryl methyl sites for hydroxylation is 1. The number of para-hydroxylation sites is 2. The summed E-state index contributed by atoms with van der Waals surface area (Å²) in [6, 6.07) is 23.2. The van der Waals surface area contributed by atoms with Crippen molar-refractivity contribution in [3.63, 3.8) is 0 Å². The van der Waals surface area contributed by atoms with Crippen LogP contribution in [0.4, 0.5) is 23.0 Å². The normalized spacial score (nSPS) is 14.2. The van der Waals surface area contributed by atoms with Crippen LogP contribution in [-0.2, 0) is 0 Å². The predicted molar refractivity (Wildman–Crippen MR) is 117 cm³/mol. The number of benzene rings is 2. The van der Waals surface area contributed by atoms with Gasteiger partial charge in [-0.3, -0.25) is 0 Å². The maximum atomic E-state index is 4.74. The lowest BCUT2D eigenvalue weighted by Gasteiger charge is -2.37. The average Bonchev–Trinajstić information content (AvgIpc) is 2.75. The van der Waals surface area contributed by atoms with Crippen LogP contribution in [-0.4, -0.2) is 42.7 Å². The van der Waals surface area contributed by atoms with Gasteiger partial charge in [0.2, 0.25) is 0 Å². The molecular formula is C23H27N5. The van der Waals surface area contributed by atoms with Crippen LogP contribution in [0.25, 0.3) is 0 Å². The Morgan fingerprint density at radius 1 is 0.821 bits per heavy atom. The molecule has 1 aromatic heterocycles. The first-order valence-electron chi connectivity index (χ1n) is 9.98. The predicted octanol–water partition coefficient (Wildman–Crippen LogP) is 4.27. The van der Waals surface area contributed by atoms with Gasteiger partial charge < -0.3 is 14.7 Å². The molecule has 0 bridgehead atoms. The molecule has 0 atom stereocenters. The molecule has 5 nitrogen and oxygen atoms in total. The molecule has 0 aliphatic carbocycles. The van der Waals surface area contributed by atoms with Crippen LogP contribution in [0, 0.1) is 6.92 Å². The molecule has 0 radical (unpaired) electrons. The molecule has 144 valence electrons. The van der Waals surface area contributed by atoms with Crippen molar-refractivity contribution in [3.05, 3.63) is 72.6 Å². The van der Waals surface area contributed by atoms with E-state index in [0.29, 0.717) is 0 Å². The lowest BCUT2D eigenvalue weighted by molar-refractivity contribution is 0.645. The quantitative estimate of drug-likeness (QED) is 0.667. The van der Waals surface area contributed by atoms with Gasteiger partial charge in [0.1, 0.15) is 17.5 Å². The molecule has 0 saturated carbocycles. The highest BCUT2D eigenvalue weighted by molar-refractivity contribution is 5.63. The van der Waals surface area contributed by atoms with Crippen molar-refractivity contribution < 1.29 is 0 Å². The van der Waals surface area contributed by atoms with Gasteiger partial charge in [-0.05, 0) is 38.1 Å². The monoisotopic (exact) mass is 373 g/mol. The van der Waals surface area contributed by atoms with Gasteiger partial charge in [-0.1, -0.05) is 36.4 Å². The highest BCUT2D eigenvalue weighted by Gasteiger charge is 2.20. The van der Waals surface area contributed by atoms with Gasteiger partial charge in [0.05, 0.1) is 0 Å². The molecule has 0 unspecified atom stereocenters. The van der Waals surface area contributed by atoms with E-state index in [1.807, 2.05) is 13.0 Å². The summed E-state index contributed by atoms with van der Waals surface area (Å²) in [7, 11) is 0. The minimum Gasteiger partial charge on any atom is -0.368 e. The maximum Gasteiger partial charge on any atom is 0.138 e. The topological polar surface area (TPSA) is 35.5 Å². The molecule has 3 aromatic rings. The third kappa shape index (κ3) is 3.93. The van der Waals surface area contributed by atoms with Crippen molar-refractivity contribution in [2.45, 2.75) is 13.8 Å². The van der Waals surface area contributed by atoms with Crippen LogP contribution in [0.2, 0.25) is 0 Å². The molecule has 0 amide bonds. The van der Waals surface area contributed by atoms with Crippen LogP contribution in [0.5, 0.6) is 0 Å². The van der Waals surface area contributed by atoms with Crippen molar-refractivity contribution in [1.29, 1.82) is 0 Å². The number of hydrogen-bond donors (Lipinski definition) is 0. The number of aromatic nitrogens is 2. The summed E-state index contributed by atoms with van der Waals surface area (Å²) in [6.07, 6.45) is 0. The van der Waals surface area contributed by atoms with E-state index < -0.39 is 0 Å². The Balaban J connectivity index is 1.53. The summed E-state index contributed by atoms with van der Waals surface area (Å²) in [5.41, 5.74) is 2.45. The van der Waals surface area contributed by atoms with Crippen LogP contribution in [0.15, 0.2) is 66.7 Å². The van der Waals surface area contributed by atoms with Gasteiger partial charge in [0.25, 0.3) is 0 Å². The van der Waals surface area contributed by atoms with Gasteiger partial charge in [0, 0.05) is 50.2 Å². The Labute approximate surface area is 167 Å². The summed E-state index contributed by atoms with van der Waals surface area (Å²) in [5, 5.41) is 0. The molecule has 1 fully saturated rings. The molecule has 4 rings (SSSR count). The van der Waals surface area contributed by atoms with Crippen molar-refractivity contribution in [3.8, 4) is 0 Å². The maximum absolute atomic E-state index is 4.74. The standard InChI is InChI=1S/C23H27N5/c1-3-28(21-12-8-5-9-13-21)23-18-22(24-19(2)25-23)27-16-14-26(15-17-27)20-10-6-4-7-11-20/h4-13,18H,3,14-17H2,1-2H3. The molecule has 28 heavy (non-hydrogen) atoms. The first kappa shape index (κ1) is 18.3. The average molecular weight is 374 g/mol. The van der Waals surface area contributed by atoms with E-state index in [9.17, 15) is 0 Å². The third-order valence-electron chi connectivity index (χ3n) is 5.20. The molecule has 1 aliphatic heterocycles. The number of piperazine rings is 1. The Kier molecular flexibility index (Phi) is 5.42. The first-order chi connectivity index (χ1) is 13.7. The van der Waals surface area contributed by atoms with Crippen molar-refractivity contribution >= 4 is 23.0 Å². The van der Waals surface area contributed by atoms with Crippen LogP contribution in [0.3, 0.4) is 0 Å². The smallest absolute Gasteiger partial charge is 0.138 e. The molecule has 0 N–H and O–H groups in total. The van der Waals surface area contributed by atoms with Crippen molar-refractivity contribution in [2.75, 3.05) is 47.4 Å². The fraction of sp³-hybridized carbons (Fsp3) is 0.304. The summed E-state index contributed by atoms with van der Waals surface area (Å²) in [6.45, 7) is 8.91. The van der Waals surface area contributed by atoms with Crippen molar-refractivity contribution in [1.82, 2.24) is 9.97 Å². The van der Waals surface area contributed by atoms with E-state index >= 15 is 0 Å². The molecule has 1 aliphatic rings. The summed E-state index contributed by atoms with van der Waals surface area (Å²) in [4.78, 5) is 16.5. The first-order valence-corrected chi connectivity index (χ1v) is 9.98. The Hall–Kier alpha value is -3.08. The Morgan fingerprint density at radius 2 is 1.43 bits per heavy atom. The fourth-order valence-corrected chi connectivity index (χ4v) is 3.75. The lowest BCUT2D eigenvalue weighted by atomic mass is 10.2. The molecule has 5 heteroatoms. The van der Waals surface area contributed by atoms with Gasteiger partial charge in [0.15, 0.2) is 0 Å². The van der Waals surface area contributed by atoms with E-state index in [1.165, 1.54) is 5.69 Å². The van der Waals surface area contributed by atoms with Gasteiger partial charge in [-0.15, -0.1) is 0 Å². The van der Waals surface area contributed by atoms with Crippen LogP contribution in [0.1, 0.15) is 12.7 Å². The lowest BCUT2D eigenvalue weighted by Crippen LogP contribution is -2.47. The Morgan fingerprint density at radius 3 is 2.07 bits per heavy atom. The summed E-state index contributed by atoms with van der Waals surface area (Å²) < 4.78 is 0. The summed E-state index contributed by atoms with van der Waals surface area (Å²) >= 11 is 0. The van der Waals surface area contributed by atoms with E-state index in [1.54, 1.807) is 0 Å². The van der Waals surface area contributed by atoms with Gasteiger partial charge >= 0.3 is 0 Å². The van der Waals surface area contributed by atoms with Gasteiger partial charge in [-0.25, -0.2) is 9.97 Å². The highest BCUT2D eigenvalue weighted by Crippen LogP contribution is 2.27. The zero-order chi connectivity index (χ0) is 19.3. The minimum atomic E-state index is 0.812. The number of rotatable bonds is 5. The molecular weight excluding hydrogens is 346 g/mol. The zero-order valence-corrected chi connectivity index (χ0v) is 16.6. The zero-order valence-electron chi connectivity index (χ0n) is 16.6. The fourth-order valence-electron chi connectivity index (χ4n) is 3.75. The van der Waals surface area contributed by atoms with Crippen LogP contribution >= 0.6 is 0 Å². The second-order valence-corrected chi connectivity index (χ2v) is 7.02.